The molecular weight excluding hydrogens is 342 g/mol. The third-order valence-corrected chi connectivity index (χ3v) is 3.99. The predicted molar refractivity (Wildman–Crippen MR) is 107 cm³/mol. The van der Waals surface area contributed by atoms with Gasteiger partial charge in [-0.2, -0.15) is 0 Å². The van der Waals surface area contributed by atoms with Crippen LogP contribution in [0.4, 0.5) is 11.4 Å². The van der Waals surface area contributed by atoms with E-state index in [0.29, 0.717) is 16.9 Å². The molecule has 1 atom stereocenters. The summed E-state index contributed by atoms with van der Waals surface area (Å²) in [6, 6.07) is 13.3. The van der Waals surface area contributed by atoms with Gasteiger partial charge in [0.05, 0.1) is 0 Å². The fraction of sp³-hybridized carbons (Fsp3) is 0.286. The Morgan fingerprint density at radius 1 is 0.889 bits per heavy atom. The van der Waals surface area contributed by atoms with Crippen LogP contribution >= 0.6 is 0 Å². The van der Waals surface area contributed by atoms with Gasteiger partial charge in [0.15, 0.2) is 0 Å². The smallest absolute Gasteiger partial charge is 0.251 e. The summed E-state index contributed by atoms with van der Waals surface area (Å²) in [5, 5.41) is 8.28. The number of aryl methyl sites for hydroxylation is 1. The summed E-state index contributed by atoms with van der Waals surface area (Å²) in [6.45, 7) is 7.09. The van der Waals surface area contributed by atoms with Gasteiger partial charge in [0.25, 0.3) is 5.91 Å². The van der Waals surface area contributed by atoms with Crippen LogP contribution < -0.4 is 16.0 Å². The third-order valence-electron chi connectivity index (χ3n) is 3.99. The monoisotopic (exact) mass is 367 g/mol. The van der Waals surface area contributed by atoms with Gasteiger partial charge in [-0.1, -0.05) is 31.5 Å². The van der Waals surface area contributed by atoms with Gasteiger partial charge in [-0.15, -0.1) is 0 Å². The fourth-order valence-electron chi connectivity index (χ4n) is 2.61. The van der Waals surface area contributed by atoms with Crippen LogP contribution in [0.1, 0.15) is 36.7 Å². The van der Waals surface area contributed by atoms with E-state index in [1.807, 2.05) is 32.9 Å². The van der Waals surface area contributed by atoms with Crippen LogP contribution in [0.15, 0.2) is 48.5 Å². The quantitative estimate of drug-likeness (QED) is 0.732. The molecule has 0 bridgehead atoms. The number of hydrogen-bond acceptors (Lipinski definition) is 3. The molecule has 142 valence electrons. The van der Waals surface area contributed by atoms with E-state index in [0.717, 1.165) is 5.56 Å². The molecule has 0 saturated heterocycles. The lowest BCUT2D eigenvalue weighted by atomic mass is 10.0. The molecule has 0 aromatic heterocycles. The zero-order chi connectivity index (χ0) is 20.0. The van der Waals surface area contributed by atoms with Crippen LogP contribution in [-0.2, 0) is 9.59 Å². The number of benzene rings is 2. The molecule has 0 unspecified atom stereocenters. The zero-order valence-electron chi connectivity index (χ0n) is 16.0. The van der Waals surface area contributed by atoms with Gasteiger partial charge in [0.1, 0.15) is 6.04 Å². The lowest BCUT2D eigenvalue weighted by Gasteiger charge is -2.22. The van der Waals surface area contributed by atoms with Gasteiger partial charge in [0.2, 0.25) is 11.8 Å². The largest absolute Gasteiger partial charge is 0.340 e. The van der Waals surface area contributed by atoms with Crippen molar-refractivity contribution in [3.63, 3.8) is 0 Å². The van der Waals surface area contributed by atoms with Crippen LogP contribution in [0, 0.1) is 12.8 Å². The number of rotatable bonds is 6. The number of anilines is 2. The summed E-state index contributed by atoms with van der Waals surface area (Å²) < 4.78 is 0. The van der Waals surface area contributed by atoms with Crippen molar-refractivity contribution in [2.24, 2.45) is 5.92 Å². The lowest BCUT2D eigenvalue weighted by Crippen LogP contribution is -2.47. The SMILES string of the molecule is CC(=O)Nc1ccc(NC(=O)[C@@H](NC(=O)c2cccc(C)c2)C(C)C)cc1. The van der Waals surface area contributed by atoms with E-state index in [1.54, 1.807) is 36.4 Å². The Kier molecular flexibility index (Phi) is 6.71. The number of amides is 3. The van der Waals surface area contributed by atoms with Gasteiger partial charge in [-0.3, -0.25) is 14.4 Å². The first-order valence-electron chi connectivity index (χ1n) is 8.82. The molecule has 0 saturated carbocycles. The highest BCUT2D eigenvalue weighted by molar-refractivity contribution is 6.01. The predicted octanol–water partition coefficient (Wildman–Crippen LogP) is 3.35. The van der Waals surface area contributed by atoms with Crippen molar-refractivity contribution >= 4 is 29.1 Å². The Bertz CT molecular complexity index is 829. The van der Waals surface area contributed by atoms with E-state index in [2.05, 4.69) is 16.0 Å². The highest BCUT2D eigenvalue weighted by Gasteiger charge is 2.24. The minimum Gasteiger partial charge on any atom is -0.340 e. The van der Waals surface area contributed by atoms with Crippen molar-refractivity contribution < 1.29 is 14.4 Å². The van der Waals surface area contributed by atoms with E-state index < -0.39 is 6.04 Å². The number of nitrogens with one attached hydrogen (secondary N) is 3. The second-order valence-electron chi connectivity index (χ2n) is 6.81. The molecule has 0 aliphatic carbocycles. The van der Waals surface area contributed by atoms with E-state index in [4.69, 9.17) is 0 Å². The summed E-state index contributed by atoms with van der Waals surface area (Å²) in [7, 11) is 0. The average Bonchev–Trinajstić information content (AvgIpc) is 2.60. The van der Waals surface area contributed by atoms with E-state index in [-0.39, 0.29) is 23.6 Å². The van der Waals surface area contributed by atoms with Crippen molar-refractivity contribution in [1.82, 2.24) is 5.32 Å². The van der Waals surface area contributed by atoms with Crippen LogP contribution in [0.5, 0.6) is 0 Å². The molecule has 3 amide bonds. The topological polar surface area (TPSA) is 87.3 Å². The van der Waals surface area contributed by atoms with Crippen molar-refractivity contribution in [1.29, 1.82) is 0 Å². The second kappa shape index (κ2) is 8.98. The minimum absolute atomic E-state index is 0.0857. The van der Waals surface area contributed by atoms with Crippen LogP contribution in [-0.4, -0.2) is 23.8 Å². The molecule has 0 aliphatic heterocycles. The molecular formula is C21H25N3O3. The number of carbonyl (C=O) groups is 3. The van der Waals surface area contributed by atoms with Crippen molar-refractivity contribution in [2.75, 3.05) is 10.6 Å². The molecule has 27 heavy (non-hydrogen) atoms. The van der Waals surface area contributed by atoms with E-state index in [9.17, 15) is 14.4 Å². The molecule has 2 rings (SSSR count). The van der Waals surface area contributed by atoms with Crippen LogP contribution in [0.25, 0.3) is 0 Å². The Morgan fingerprint density at radius 3 is 2.00 bits per heavy atom. The maximum Gasteiger partial charge on any atom is 0.251 e. The maximum absolute atomic E-state index is 12.7. The summed E-state index contributed by atoms with van der Waals surface area (Å²) in [6.07, 6.45) is 0. The normalized spacial score (nSPS) is 11.6. The summed E-state index contributed by atoms with van der Waals surface area (Å²) in [4.78, 5) is 36.2. The fourth-order valence-corrected chi connectivity index (χ4v) is 2.61. The van der Waals surface area contributed by atoms with Gasteiger partial charge < -0.3 is 16.0 Å². The van der Waals surface area contributed by atoms with Crippen molar-refractivity contribution in [3.05, 3.63) is 59.7 Å². The first-order valence-corrected chi connectivity index (χ1v) is 8.82. The van der Waals surface area contributed by atoms with Crippen LogP contribution in [0.3, 0.4) is 0 Å². The first kappa shape index (κ1) is 20.2. The lowest BCUT2D eigenvalue weighted by molar-refractivity contribution is -0.119. The highest BCUT2D eigenvalue weighted by Crippen LogP contribution is 2.15. The molecule has 2 aromatic rings. The molecule has 0 radical (unpaired) electrons. The van der Waals surface area contributed by atoms with E-state index in [1.165, 1.54) is 6.92 Å². The van der Waals surface area contributed by atoms with Crippen molar-refractivity contribution in [3.8, 4) is 0 Å². The Balaban J connectivity index is 2.06. The minimum atomic E-state index is -0.673. The van der Waals surface area contributed by atoms with Gasteiger partial charge in [0, 0.05) is 23.9 Å². The van der Waals surface area contributed by atoms with Gasteiger partial charge >= 0.3 is 0 Å². The number of carbonyl (C=O) groups excluding carboxylic acids is 3. The molecule has 2 aromatic carbocycles. The molecule has 6 nitrogen and oxygen atoms in total. The van der Waals surface area contributed by atoms with Gasteiger partial charge in [-0.05, 0) is 49.2 Å². The standard InChI is InChI=1S/C21H25N3O3/c1-13(2)19(24-20(26)16-7-5-6-14(3)12-16)21(27)23-18-10-8-17(9-11-18)22-15(4)25/h5-13,19H,1-4H3,(H,22,25)(H,23,27)(H,24,26)/t19-/m0/s1. The summed E-state index contributed by atoms with van der Waals surface area (Å²) in [5.74, 6) is -0.824. The third kappa shape index (κ3) is 5.95. The van der Waals surface area contributed by atoms with Gasteiger partial charge in [-0.25, -0.2) is 0 Å². The van der Waals surface area contributed by atoms with E-state index >= 15 is 0 Å². The molecule has 0 heterocycles. The molecule has 0 spiro atoms. The summed E-state index contributed by atoms with van der Waals surface area (Å²) >= 11 is 0. The highest BCUT2D eigenvalue weighted by atomic mass is 16.2. The first-order chi connectivity index (χ1) is 12.8. The second-order valence-corrected chi connectivity index (χ2v) is 6.81. The molecule has 3 N–H and O–H groups in total. The number of hydrogen-bond donors (Lipinski definition) is 3. The maximum atomic E-state index is 12.7. The molecule has 0 aliphatic rings. The summed E-state index contributed by atoms with van der Waals surface area (Å²) in [5.41, 5.74) is 2.73. The Hall–Kier alpha value is -3.15. The van der Waals surface area contributed by atoms with Crippen molar-refractivity contribution in [2.45, 2.75) is 33.7 Å². The Labute approximate surface area is 159 Å². The zero-order valence-corrected chi connectivity index (χ0v) is 16.0. The molecule has 6 heteroatoms. The van der Waals surface area contributed by atoms with Crippen LogP contribution in [0.2, 0.25) is 0 Å². The average molecular weight is 367 g/mol. The Morgan fingerprint density at radius 2 is 1.48 bits per heavy atom. The molecule has 0 fully saturated rings.